The molecule has 1 aliphatic heterocycles. The van der Waals surface area contributed by atoms with Crippen molar-refractivity contribution in [1.29, 1.82) is 0 Å². The van der Waals surface area contributed by atoms with Crippen LogP contribution in [0.25, 0.3) is 0 Å². The normalized spacial score (nSPS) is 29.0. The Kier molecular flexibility index (Phi) is 4.94. The van der Waals surface area contributed by atoms with Crippen molar-refractivity contribution in [3.63, 3.8) is 0 Å². The van der Waals surface area contributed by atoms with Crippen LogP contribution in [0.15, 0.2) is 30.3 Å². The molecule has 0 spiro atoms. The summed E-state index contributed by atoms with van der Waals surface area (Å²) in [6.07, 6.45) is 4.39. The second-order valence-corrected chi connectivity index (χ2v) is 6.56. The van der Waals surface area contributed by atoms with Crippen LogP contribution in [0.2, 0.25) is 0 Å². The van der Waals surface area contributed by atoms with Crippen molar-refractivity contribution in [2.24, 2.45) is 5.92 Å². The van der Waals surface area contributed by atoms with Crippen molar-refractivity contribution in [2.75, 3.05) is 26.7 Å². The van der Waals surface area contributed by atoms with E-state index in [1.165, 1.54) is 24.8 Å². The Morgan fingerprint density at radius 1 is 1.29 bits per heavy atom. The number of benzene rings is 1. The van der Waals surface area contributed by atoms with Gasteiger partial charge in [0, 0.05) is 25.2 Å². The minimum atomic E-state index is 0.425. The van der Waals surface area contributed by atoms with Gasteiger partial charge in [-0.25, -0.2) is 0 Å². The molecule has 4 atom stereocenters. The van der Waals surface area contributed by atoms with E-state index < -0.39 is 0 Å². The number of rotatable bonds is 5. The maximum Gasteiger partial charge on any atom is 0.0730 e. The van der Waals surface area contributed by atoms with Gasteiger partial charge in [0.25, 0.3) is 0 Å². The molecule has 1 aromatic carbocycles. The van der Waals surface area contributed by atoms with Gasteiger partial charge in [0.15, 0.2) is 0 Å². The lowest BCUT2D eigenvalue weighted by atomic mass is 9.93. The van der Waals surface area contributed by atoms with Crippen molar-refractivity contribution in [3.8, 4) is 0 Å². The van der Waals surface area contributed by atoms with Crippen LogP contribution in [0.5, 0.6) is 0 Å². The molecule has 1 heterocycles. The third-order valence-electron chi connectivity index (χ3n) is 5.16. The minimum absolute atomic E-state index is 0.425. The molecule has 1 N–H and O–H groups in total. The highest BCUT2D eigenvalue weighted by Crippen LogP contribution is 2.31. The molecule has 1 aliphatic carbocycles. The molecule has 21 heavy (non-hydrogen) atoms. The molecule has 2 fully saturated rings. The first-order chi connectivity index (χ1) is 10.3. The Morgan fingerprint density at radius 2 is 2.10 bits per heavy atom. The molecule has 0 amide bonds. The molecule has 1 saturated carbocycles. The summed E-state index contributed by atoms with van der Waals surface area (Å²) >= 11 is 0. The third-order valence-corrected chi connectivity index (χ3v) is 5.16. The van der Waals surface area contributed by atoms with Crippen LogP contribution in [0.1, 0.15) is 37.8 Å². The summed E-state index contributed by atoms with van der Waals surface area (Å²) in [5, 5.41) is 3.51. The monoisotopic (exact) mass is 288 g/mol. The molecule has 2 aliphatic rings. The summed E-state index contributed by atoms with van der Waals surface area (Å²) < 4.78 is 5.93. The van der Waals surface area contributed by atoms with Gasteiger partial charge in [0.1, 0.15) is 0 Å². The molecule has 1 aromatic rings. The van der Waals surface area contributed by atoms with Crippen molar-refractivity contribution < 1.29 is 4.74 Å². The van der Waals surface area contributed by atoms with Crippen LogP contribution in [0, 0.1) is 5.92 Å². The Balaban J connectivity index is 1.65. The molecular weight excluding hydrogens is 260 g/mol. The van der Waals surface area contributed by atoms with Crippen molar-refractivity contribution in [2.45, 2.75) is 44.4 Å². The van der Waals surface area contributed by atoms with Crippen molar-refractivity contribution in [1.82, 2.24) is 10.2 Å². The highest BCUT2D eigenvalue weighted by molar-refractivity contribution is 5.19. The summed E-state index contributed by atoms with van der Waals surface area (Å²) in [5.41, 5.74) is 1.39. The van der Waals surface area contributed by atoms with Crippen LogP contribution in [0.4, 0.5) is 0 Å². The molecule has 3 heteroatoms. The minimum Gasteiger partial charge on any atom is -0.375 e. The van der Waals surface area contributed by atoms with Gasteiger partial charge >= 0.3 is 0 Å². The molecule has 116 valence electrons. The zero-order valence-electron chi connectivity index (χ0n) is 13.3. The van der Waals surface area contributed by atoms with Crippen molar-refractivity contribution >= 4 is 0 Å². The quantitative estimate of drug-likeness (QED) is 0.901. The first kappa shape index (κ1) is 15.0. The van der Waals surface area contributed by atoms with Gasteiger partial charge in [-0.1, -0.05) is 37.3 Å². The number of nitrogens with one attached hydrogen (secondary N) is 1. The molecule has 0 radical (unpaired) electrons. The summed E-state index contributed by atoms with van der Waals surface area (Å²) in [5.74, 6) is 0.594. The largest absolute Gasteiger partial charge is 0.375 e. The first-order valence-electron chi connectivity index (χ1n) is 8.37. The van der Waals surface area contributed by atoms with Crippen LogP contribution in [-0.4, -0.2) is 43.8 Å². The fourth-order valence-corrected chi connectivity index (χ4v) is 4.15. The second kappa shape index (κ2) is 6.91. The van der Waals surface area contributed by atoms with Crippen LogP contribution >= 0.6 is 0 Å². The van der Waals surface area contributed by atoms with Gasteiger partial charge < -0.3 is 10.1 Å². The number of hydrogen-bond donors (Lipinski definition) is 1. The van der Waals surface area contributed by atoms with Gasteiger partial charge in [0.2, 0.25) is 0 Å². The zero-order chi connectivity index (χ0) is 14.7. The lowest BCUT2D eigenvalue weighted by Crippen LogP contribution is -2.50. The van der Waals surface area contributed by atoms with E-state index in [1.807, 2.05) is 0 Å². The van der Waals surface area contributed by atoms with Gasteiger partial charge in [0.05, 0.1) is 12.7 Å². The molecular formula is C18H28N2O. The summed E-state index contributed by atoms with van der Waals surface area (Å²) in [6, 6.07) is 11.9. The van der Waals surface area contributed by atoms with E-state index >= 15 is 0 Å². The number of fused-ring (bicyclic) bond motifs is 1. The van der Waals surface area contributed by atoms with Gasteiger partial charge in [-0.3, -0.25) is 4.90 Å². The van der Waals surface area contributed by atoms with Crippen molar-refractivity contribution in [3.05, 3.63) is 35.9 Å². The zero-order valence-corrected chi connectivity index (χ0v) is 13.3. The van der Waals surface area contributed by atoms with Crippen LogP contribution in [-0.2, 0) is 4.74 Å². The van der Waals surface area contributed by atoms with E-state index in [4.69, 9.17) is 4.74 Å². The highest BCUT2D eigenvalue weighted by Gasteiger charge is 2.37. The average molecular weight is 288 g/mol. The lowest BCUT2D eigenvalue weighted by Gasteiger charge is -2.40. The van der Waals surface area contributed by atoms with Gasteiger partial charge in [-0.05, 0) is 37.8 Å². The number of hydrogen-bond acceptors (Lipinski definition) is 3. The topological polar surface area (TPSA) is 24.5 Å². The summed E-state index contributed by atoms with van der Waals surface area (Å²) in [4.78, 5) is 2.68. The third kappa shape index (κ3) is 3.31. The summed E-state index contributed by atoms with van der Waals surface area (Å²) in [6.45, 7) is 5.53. The molecule has 3 rings (SSSR count). The second-order valence-electron chi connectivity index (χ2n) is 6.56. The maximum absolute atomic E-state index is 5.93. The van der Waals surface area contributed by atoms with Crippen LogP contribution < -0.4 is 5.32 Å². The Morgan fingerprint density at radius 3 is 2.86 bits per heavy atom. The number of ether oxygens (including phenoxy) is 1. The highest BCUT2D eigenvalue weighted by atomic mass is 16.5. The summed E-state index contributed by atoms with van der Waals surface area (Å²) in [7, 11) is 2.08. The standard InChI is InChI=1S/C18H28N2O/c1-14(18(19-2)15-7-4-3-5-8-15)13-20-11-12-21-17-10-6-9-16(17)20/h3-5,7-8,14,16-19H,6,9-13H2,1-2H3. The maximum atomic E-state index is 5.93. The molecule has 3 nitrogen and oxygen atoms in total. The lowest BCUT2D eigenvalue weighted by molar-refractivity contribution is -0.0608. The first-order valence-corrected chi connectivity index (χ1v) is 8.37. The van der Waals surface area contributed by atoms with E-state index in [0.29, 0.717) is 24.1 Å². The predicted molar refractivity (Wildman–Crippen MR) is 86.4 cm³/mol. The Hall–Kier alpha value is -0.900. The fourth-order valence-electron chi connectivity index (χ4n) is 4.15. The Bertz CT molecular complexity index is 436. The fraction of sp³-hybridized carbons (Fsp3) is 0.667. The van der Waals surface area contributed by atoms with Gasteiger partial charge in [-0.2, -0.15) is 0 Å². The van der Waals surface area contributed by atoms with E-state index in [0.717, 1.165) is 19.7 Å². The molecule has 0 bridgehead atoms. The van der Waals surface area contributed by atoms with E-state index in [9.17, 15) is 0 Å². The SMILES string of the molecule is CNC(c1ccccc1)C(C)CN1CCOC2CCCC21. The molecule has 1 saturated heterocycles. The van der Waals surface area contributed by atoms with E-state index in [2.05, 4.69) is 54.5 Å². The van der Waals surface area contributed by atoms with Gasteiger partial charge in [-0.15, -0.1) is 0 Å². The smallest absolute Gasteiger partial charge is 0.0730 e. The molecule has 4 unspecified atom stereocenters. The molecule has 0 aromatic heterocycles. The number of morpholine rings is 1. The van der Waals surface area contributed by atoms with E-state index in [-0.39, 0.29) is 0 Å². The predicted octanol–water partition coefficient (Wildman–Crippen LogP) is 2.84. The Labute approximate surface area is 128 Å². The average Bonchev–Trinajstić information content (AvgIpc) is 2.99. The number of nitrogens with zero attached hydrogens (tertiary/aromatic N) is 1. The van der Waals surface area contributed by atoms with E-state index in [1.54, 1.807) is 0 Å². The van der Waals surface area contributed by atoms with Crippen LogP contribution in [0.3, 0.4) is 0 Å².